The molecular weight excluding hydrogens is 314 g/mol. The van der Waals surface area contributed by atoms with Crippen LogP contribution in [-0.4, -0.2) is 18.3 Å². The lowest BCUT2D eigenvalue weighted by Crippen LogP contribution is -2.29. The van der Waals surface area contributed by atoms with Crippen molar-refractivity contribution in [3.05, 3.63) is 33.3 Å². The van der Waals surface area contributed by atoms with E-state index in [1.54, 1.807) is 0 Å². The highest BCUT2D eigenvalue weighted by Crippen LogP contribution is 2.23. The van der Waals surface area contributed by atoms with Crippen LogP contribution in [-0.2, 0) is 6.54 Å². The summed E-state index contributed by atoms with van der Waals surface area (Å²) in [4.78, 5) is 0. The molecule has 1 rings (SSSR count). The molecule has 0 radical (unpaired) electrons. The Bertz CT molecular complexity index is 382. The largest absolute Gasteiger partial charge is 0.396 e. The van der Waals surface area contributed by atoms with Crippen molar-refractivity contribution in [2.75, 3.05) is 13.2 Å². The molecule has 0 saturated carbocycles. The van der Waals surface area contributed by atoms with Crippen LogP contribution in [0.2, 0.25) is 5.02 Å². The molecule has 2 nitrogen and oxygen atoms in total. The van der Waals surface area contributed by atoms with Crippen molar-refractivity contribution >= 4 is 27.5 Å². The van der Waals surface area contributed by atoms with Gasteiger partial charge in [0.05, 0.1) is 0 Å². The summed E-state index contributed by atoms with van der Waals surface area (Å²) in [5, 5.41) is 13.1. The first-order valence-corrected chi connectivity index (χ1v) is 7.37. The van der Waals surface area contributed by atoms with Crippen LogP contribution < -0.4 is 5.32 Å². The maximum atomic E-state index is 8.86. The molecule has 0 bridgehead atoms. The Kier molecular flexibility index (Phi) is 6.64. The van der Waals surface area contributed by atoms with Crippen LogP contribution in [0.3, 0.4) is 0 Å². The lowest BCUT2D eigenvalue weighted by atomic mass is 9.88. The summed E-state index contributed by atoms with van der Waals surface area (Å²) in [6.45, 7) is 6.45. The molecule has 102 valence electrons. The second-order valence-corrected chi connectivity index (χ2v) is 6.62. The number of hydrogen-bond acceptors (Lipinski definition) is 2. The van der Waals surface area contributed by atoms with Gasteiger partial charge in [0.15, 0.2) is 0 Å². The number of aliphatic hydroxyl groups is 1. The van der Waals surface area contributed by atoms with Gasteiger partial charge in [0.2, 0.25) is 0 Å². The summed E-state index contributed by atoms with van der Waals surface area (Å²) in [5.74, 6) is 0. The van der Waals surface area contributed by atoms with Crippen molar-refractivity contribution in [1.82, 2.24) is 5.32 Å². The molecule has 0 unspecified atom stereocenters. The Morgan fingerprint density at radius 3 is 2.72 bits per heavy atom. The second-order valence-electron chi connectivity index (χ2n) is 5.33. The molecule has 1 aromatic carbocycles. The zero-order valence-electron chi connectivity index (χ0n) is 11.0. The van der Waals surface area contributed by atoms with E-state index in [2.05, 4.69) is 35.1 Å². The van der Waals surface area contributed by atoms with Crippen molar-refractivity contribution in [2.45, 2.75) is 33.2 Å². The van der Waals surface area contributed by atoms with E-state index in [0.717, 1.165) is 35.4 Å². The molecule has 0 spiro atoms. The van der Waals surface area contributed by atoms with Gasteiger partial charge in [0.1, 0.15) is 0 Å². The maximum Gasteiger partial charge on any atom is 0.0431 e. The zero-order valence-corrected chi connectivity index (χ0v) is 13.3. The van der Waals surface area contributed by atoms with E-state index in [0.29, 0.717) is 0 Å². The molecule has 0 fully saturated rings. The summed E-state index contributed by atoms with van der Waals surface area (Å²) in [6, 6.07) is 5.84. The fraction of sp³-hybridized carbons (Fsp3) is 0.571. The van der Waals surface area contributed by atoms with E-state index in [9.17, 15) is 0 Å². The molecule has 0 atom stereocenters. The number of nitrogens with one attached hydrogen (secondary N) is 1. The van der Waals surface area contributed by atoms with Crippen molar-refractivity contribution in [2.24, 2.45) is 5.41 Å². The highest BCUT2D eigenvalue weighted by Gasteiger charge is 2.16. The van der Waals surface area contributed by atoms with E-state index < -0.39 is 0 Å². The van der Waals surface area contributed by atoms with Crippen molar-refractivity contribution < 1.29 is 5.11 Å². The molecule has 2 N–H and O–H groups in total. The van der Waals surface area contributed by atoms with E-state index in [1.807, 2.05) is 18.2 Å². The van der Waals surface area contributed by atoms with Crippen LogP contribution in [0.15, 0.2) is 22.7 Å². The highest BCUT2D eigenvalue weighted by atomic mass is 79.9. The fourth-order valence-corrected chi connectivity index (χ4v) is 2.67. The maximum absolute atomic E-state index is 8.86. The molecule has 18 heavy (non-hydrogen) atoms. The number of benzene rings is 1. The second kappa shape index (κ2) is 7.49. The predicted molar refractivity (Wildman–Crippen MR) is 81.0 cm³/mol. The van der Waals surface area contributed by atoms with Gasteiger partial charge in [-0.2, -0.15) is 0 Å². The van der Waals surface area contributed by atoms with Crippen molar-refractivity contribution in [3.8, 4) is 0 Å². The molecule has 0 aliphatic rings. The molecule has 0 amide bonds. The van der Waals surface area contributed by atoms with Crippen LogP contribution in [0, 0.1) is 5.41 Å². The first-order valence-electron chi connectivity index (χ1n) is 6.20. The van der Waals surface area contributed by atoms with Gasteiger partial charge in [-0.15, -0.1) is 0 Å². The standard InChI is InChI=1S/C14H21BrClNO/c1-14(2,6-3-7-18)10-17-9-11-4-5-12(16)8-13(11)15/h4-5,8,17-18H,3,6-7,9-10H2,1-2H3. The third-order valence-electron chi connectivity index (χ3n) is 2.95. The summed E-state index contributed by atoms with van der Waals surface area (Å²) < 4.78 is 1.04. The summed E-state index contributed by atoms with van der Waals surface area (Å²) in [7, 11) is 0. The Hall–Kier alpha value is -0.0900. The van der Waals surface area contributed by atoms with E-state index in [-0.39, 0.29) is 12.0 Å². The van der Waals surface area contributed by atoms with Crippen LogP contribution >= 0.6 is 27.5 Å². The van der Waals surface area contributed by atoms with Gasteiger partial charge >= 0.3 is 0 Å². The minimum atomic E-state index is 0.210. The lowest BCUT2D eigenvalue weighted by molar-refractivity contribution is 0.236. The minimum absolute atomic E-state index is 0.210. The van der Waals surface area contributed by atoms with E-state index in [4.69, 9.17) is 16.7 Å². The first kappa shape index (κ1) is 16.0. The number of hydrogen-bond donors (Lipinski definition) is 2. The molecule has 0 saturated heterocycles. The van der Waals surface area contributed by atoms with Gasteiger partial charge in [0.25, 0.3) is 0 Å². The SMILES string of the molecule is CC(C)(CCCO)CNCc1ccc(Cl)cc1Br. The first-order chi connectivity index (χ1) is 8.44. The average Bonchev–Trinajstić information content (AvgIpc) is 2.29. The monoisotopic (exact) mass is 333 g/mol. The Labute approximate surface area is 123 Å². The summed E-state index contributed by atoms with van der Waals surface area (Å²) >= 11 is 9.42. The fourth-order valence-electron chi connectivity index (χ4n) is 1.85. The highest BCUT2D eigenvalue weighted by molar-refractivity contribution is 9.10. The zero-order chi connectivity index (χ0) is 13.6. The molecule has 0 heterocycles. The van der Waals surface area contributed by atoms with E-state index in [1.165, 1.54) is 5.56 Å². The van der Waals surface area contributed by atoms with Gasteiger partial charge in [-0.1, -0.05) is 47.4 Å². The molecule has 1 aromatic rings. The number of rotatable bonds is 7. The van der Waals surface area contributed by atoms with Crippen molar-refractivity contribution in [3.63, 3.8) is 0 Å². The average molecular weight is 335 g/mol. The Balaban J connectivity index is 2.41. The third-order valence-corrected chi connectivity index (χ3v) is 3.92. The van der Waals surface area contributed by atoms with Gasteiger partial charge in [-0.05, 0) is 36.0 Å². The van der Waals surface area contributed by atoms with Gasteiger partial charge in [-0.3, -0.25) is 0 Å². The van der Waals surface area contributed by atoms with Crippen LogP contribution in [0.1, 0.15) is 32.3 Å². The van der Waals surface area contributed by atoms with Gasteiger partial charge in [-0.25, -0.2) is 0 Å². The van der Waals surface area contributed by atoms with E-state index >= 15 is 0 Å². The smallest absolute Gasteiger partial charge is 0.0431 e. The summed E-state index contributed by atoms with van der Waals surface area (Å²) in [5.41, 5.74) is 1.42. The van der Waals surface area contributed by atoms with Gasteiger partial charge < -0.3 is 10.4 Å². The summed E-state index contributed by atoms with van der Waals surface area (Å²) in [6.07, 6.45) is 1.89. The Morgan fingerprint density at radius 2 is 2.11 bits per heavy atom. The molecule has 0 aliphatic carbocycles. The molecular formula is C14H21BrClNO. The minimum Gasteiger partial charge on any atom is -0.396 e. The lowest BCUT2D eigenvalue weighted by Gasteiger charge is -2.25. The molecule has 4 heteroatoms. The molecule has 0 aromatic heterocycles. The normalized spacial score (nSPS) is 11.8. The number of halogens is 2. The van der Waals surface area contributed by atoms with Crippen LogP contribution in [0.5, 0.6) is 0 Å². The van der Waals surface area contributed by atoms with Crippen LogP contribution in [0.25, 0.3) is 0 Å². The third kappa shape index (κ3) is 5.70. The number of aliphatic hydroxyl groups excluding tert-OH is 1. The quantitative estimate of drug-likeness (QED) is 0.790. The molecule has 0 aliphatic heterocycles. The van der Waals surface area contributed by atoms with Crippen molar-refractivity contribution in [1.29, 1.82) is 0 Å². The topological polar surface area (TPSA) is 32.3 Å². The van der Waals surface area contributed by atoms with Crippen LogP contribution in [0.4, 0.5) is 0 Å². The predicted octanol–water partition coefficient (Wildman–Crippen LogP) is 3.99. The Morgan fingerprint density at radius 1 is 1.39 bits per heavy atom. The van der Waals surface area contributed by atoms with Gasteiger partial charge in [0, 0.05) is 29.2 Å².